The molecule has 0 saturated heterocycles. The second kappa shape index (κ2) is 10.8. The van der Waals surface area contributed by atoms with Gasteiger partial charge in [-0.15, -0.1) is 11.3 Å². The van der Waals surface area contributed by atoms with Gasteiger partial charge in [0.25, 0.3) is 0 Å². The van der Waals surface area contributed by atoms with Gasteiger partial charge in [0.2, 0.25) is 0 Å². The molecule has 0 atom stereocenters. The summed E-state index contributed by atoms with van der Waals surface area (Å²) in [5.41, 5.74) is 8.82. The quantitative estimate of drug-likeness (QED) is 0.181. The summed E-state index contributed by atoms with van der Waals surface area (Å²) in [6, 6.07) is 60.7. The lowest BCUT2D eigenvalue weighted by molar-refractivity contribution is 1.28. The van der Waals surface area contributed by atoms with Crippen LogP contribution in [0.2, 0.25) is 0 Å². The summed E-state index contributed by atoms with van der Waals surface area (Å²) < 4.78 is 2.75. The molecule has 0 N–H and O–H groups in total. The molecule has 1 aliphatic rings. The zero-order valence-corrected chi connectivity index (χ0v) is 29.0. The van der Waals surface area contributed by atoms with Crippen LogP contribution in [0.5, 0.6) is 0 Å². The molecule has 49 heavy (non-hydrogen) atoms. The zero-order chi connectivity index (χ0) is 32.7. The second-order valence-corrected chi connectivity index (χ2v) is 17.9. The Bertz CT molecular complexity index is 2750. The van der Waals surface area contributed by atoms with Gasteiger partial charge in [-0.05, 0) is 88.3 Å². The van der Waals surface area contributed by atoms with Crippen molar-refractivity contribution in [3.8, 4) is 22.3 Å². The summed E-state index contributed by atoms with van der Waals surface area (Å²) in [7, 11) is -1.24. The van der Waals surface area contributed by atoms with Crippen LogP contribution in [-0.4, -0.2) is 12.5 Å². The number of thiophene rings is 1. The fraction of sp³-hybridized carbons (Fsp3) is 0.0435. The van der Waals surface area contributed by atoms with E-state index in [1.54, 1.807) is 0 Å². The summed E-state index contributed by atoms with van der Waals surface area (Å²) in [6.45, 7) is 0. The number of benzene rings is 8. The maximum absolute atomic E-state index is 2.52. The molecule has 234 valence electrons. The third-order valence-corrected chi connectivity index (χ3v) is 14.4. The maximum atomic E-state index is 2.52. The molecule has 0 fully saturated rings. The Labute approximate surface area is 292 Å². The van der Waals surface area contributed by atoms with Gasteiger partial charge in [0.1, 0.15) is 0 Å². The zero-order valence-electron chi connectivity index (χ0n) is 27.4. The van der Waals surface area contributed by atoms with Crippen molar-refractivity contribution in [1.29, 1.82) is 0 Å². The first-order chi connectivity index (χ1) is 24.1. The van der Waals surface area contributed by atoms with Crippen LogP contribution in [0.4, 0.5) is 17.1 Å². The third-order valence-electron chi connectivity index (χ3n) is 10.3. The molecule has 10 rings (SSSR count). The van der Waals surface area contributed by atoms with E-state index in [0.29, 0.717) is 0 Å². The average molecular weight is 664 g/mol. The number of nitrogens with zero attached hydrogens (tertiary/aromatic N) is 1. The molecule has 8 aromatic carbocycles. The summed E-state index contributed by atoms with van der Waals surface area (Å²) in [4.78, 5) is 5.46. The first-order valence-corrected chi connectivity index (χ1v) is 20.0. The van der Waals surface area contributed by atoms with Crippen LogP contribution in [0.15, 0.2) is 174 Å². The molecule has 0 radical (unpaired) electrons. The number of rotatable bonds is 4. The molecule has 3 heteroatoms. The maximum Gasteiger partial charge on any atom is 0.0552 e. The van der Waals surface area contributed by atoms with Crippen LogP contribution >= 0.6 is 21.4 Å². The van der Waals surface area contributed by atoms with E-state index in [2.05, 4.69) is 181 Å². The molecule has 0 amide bonds. The van der Waals surface area contributed by atoms with Crippen LogP contribution < -0.4 is 4.90 Å². The lowest BCUT2D eigenvalue weighted by atomic mass is 9.98. The van der Waals surface area contributed by atoms with E-state index < -0.39 is 10.0 Å². The average Bonchev–Trinajstić information content (AvgIpc) is 3.64. The van der Waals surface area contributed by atoms with Gasteiger partial charge < -0.3 is 4.90 Å². The first-order valence-electron chi connectivity index (χ1n) is 16.7. The van der Waals surface area contributed by atoms with Crippen molar-refractivity contribution >= 4 is 80.1 Å². The van der Waals surface area contributed by atoms with E-state index in [1.807, 2.05) is 11.3 Å². The van der Waals surface area contributed by atoms with Crippen LogP contribution in [0.25, 0.3) is 64.0 Å². The predicted molar refractivity (Wildman–Crippen MR) is 216 cm³/mol. The first kappa shape index (κ1) is 28.6. The second-order valence-electron chi connectivity index (χ2n) is 13.3. The highest BCUT2D eigenvalue weighted by Crippen LogP contribution is 2.71. The van der Waals surface area contributed by atoms with Gasteiger partial charge in [0, 0.05) is 52.2 Å². The Morgan fingerprint density at radius 1 is 0.449 bits per heavy atom. The van der Waals surface area contributed by atoms with Gasteiger partial charge >= 0.3 is 0 Å². The van der Waals surface area contributed by atoms with Gasteiger partial charge in [0.05, 0.1) is 11.4 Å². The normalized spacial score (nSPS) is 13.9. The molecule has 1 aromatic heterocycles. The largest absolute Gasteiger partial charge is 0.309 e. The number of hydrogen-bond donors (Lipinski definition) is 0. The minimum absolute atomic E-state index is 1.15. The topological polar surface area (TPSA) is 3.24 Å². The Morgan fingerprint density at radius 2 is 1.10 bits per heavy atom. The molecule has 0 bridgehead atoms. The van der Waals surface area contributed by atoms with Crippen molar-refractivity contribution in [3.05, 3.63) is 164 Å². The minimum Gasteiger partial charge on any atom is -0.309 e. The third kappa shape index (κ3) is 4.33. The Balaban J connectivity index is 1.23. The lowest BCUT2D eigenvalue weighted by Gasteiger charge is -2.31. The Morgan fingerprint density at radius 3 is 1.96 bits per heavy atom. The van der Waals surface area contributed by atoms with Crippen molar-refractivity contribution in [2.75, 3.05) is 17.4 Å². The van der Waals surface area contributed by atoms with Crippen molar-refractivity contribution in [1.82, 2.24) is 0 Å². The van der Waals surface area contributed by atoms with Crippen LogP contribution in [0.3, 0.4) is 0 Å². The van der Waals surface area contributed by atoms with E-state index in [0.717, 1.165) is 5.69 Å². The molecule has 0 unspecified atom stereocenters. The van der Waals surface area contributed by atoms with E-state index in [-0.39, 0.29) is 0 Å². The molecule has 1 aliphatic heterocycles. The van der Waals surface area contributed by atoms with Crippen molar-refractivity contribution in [2.45, 2.75) is 9.79 Å². The van der Waals surface area contributed by atoms with Crippen LogP contribution in [-0.2, 0) is 0 Å². The van der Waals surface area contributed by atoms with Crippen molar-refractivity contribution in [3.63, 3.8) is 0 Å². The van der Waals surface area contributed by atoms with Crippen molar-refractivity contribution < 1.29 is 0 Å². The number of hydrogen-bond acceptors (Lipinski definition) is 2. The highest BCUT2D eigenvalue weighted by molar-refractivity contribution is 8.33. The summed E-state index contributed by atoms with van der Waals surface area (Å²) in [5, 5.41) is 7.71. The van der Waals surface area contributed by atoms with Crippen LogP contribution in [0, 0.1) is 0 Å². The van der Waals surface area contributed by atoms with E-state index in [9.17, 15) is 0 Å². The standard InChI is InChI=1S/C46H33NS2/c1-49(2)42-20-10-18-40(44(42)45-43(49)28-27-38-37-16-7-8-19-41(37)48-46(38)45)47(39-17-9-14-32-12-5-6-15-36(32)39)35-25-23-31(24-26-35)34-22-21-30-11-3-4-13-33(30)29-34/h3-29H,1-2H3. The summed E-state index contributed by atoms with van der Waals surface area (Å²) in [5.74, 6) is 0. The predicted octanol–water partition coefficient (Wildman–Crippen LogP) is 14.0. The number of fused-ring (bicyclic) bond motifs is 9. The van der Waals surface area contributed by atoms with Gasteiger partial charge in [-0.2, -0.15) is 10.0 Å². The molecule has 9 aromatic rings. The SMILES string of the molecule is CS1(C)c2cccc(N(c3ccc(-c4ccc5ccccc5c4)cc3)c3cccc4ccccc34)c2-c2c1ccc1c2sc2ccccc21. The smallest absolute Gasteiger partial charge is 0.0552 e. The fourth-order valence-electron chi connectivity index (χ4n) is 7.92. The fourth-order valence-corrected chi connectivity index (χ4v) is 11.7. The molecule has 0 spiro atoms. The summed E-state index contributed by atoms with van der Waals surface area (Å²) in [6.07, 6.45) is 4.95. The molecular weight excluding hydrogens is 631 g/mol. The number of anilines is 3. The molecule has 0 aliphatic carbocycles. The van der Waals surface area contributed by atoms with E-state index in [1.165, 1.54) is 85.1 Å². The minimum atomic E-state index is -1.24. The van der Waals surface area contributed by atoms with Gasteiger partial charge in [0.15, 0.2) is 0 Å². The van der Waals surface area contributed by atoms with Gasteiger partial charge in [-0.1, -0.05) is 115 Å². The van der Waals surface area contributed by atoms with Crippen molar-refractivity contribution in [2.24, 2.45) is 0 Å². The molecule has 0 saturated carbocycles. The van der Waals surface area contributed by atoms with Gasteiger partial charge in [-0.25, -0.2) is 0 Å². The van der Waals surface area contributed by atoms with E-state index >= 15 is 0 Å². The highest BCUT2D eigenvalue weighted by Gasteiger charge is 2.37. The monoisotopic (exact) mass is 663 g/mol. The molecule has 1 nitrogen and oxygen atoms in total. The van der Waals surface area contributed by atoms with Gasteiger partial charge in [-0.3, -0.25) is 0 Å². The molecular formula is C46H33NS2. The Kier molecular flexibility index (Phi) is 6.33. The molecule has 2 heterocycles. The summed E-state index contributed by atoms with van der Waals surface area (Å²) >= 11 is 1.94. The highest BCUT2D eigenvalue weighted by atomic mass is 32.3. The Hall–Kier alpha value is -5.35. The lowest BCUT2D eigenvalue weighted by Crippen LogP contribution is -2.12. The van der Waals surface area contributed by atoms with Crippen LogP contribution in [0.1, 0.15) is 0 Å². The van der Waals surface area contributed by atoms with E-state index in [4.69, 9.17) is 0 Å².